The third-order valence-electron chi connectivity index (χ3n) is 6.11. The smallest absolute Gasteiger partial charge is 0.319 e. The highest BCUT2D eigenvalue weighted by atomic mass is 16.2. The predicted molar refractivity (Wildman–Crippen MR) is 144 cm³/mol. The SMILES string of the molecule is CN(C)CCNC(=O)Nc1cccc(-c2nc3c(c(Nc4ccc5c(cnn5C)c4)n2)CCC=C3)c1. The van der Waals surface area contributed by atoms with E-state index in [-0.39, 0.29) is 6.03 Å². The molecule has 0 radical (unpaired) electrons. The number of anilines is 3. The van der Waals surface area contributed by atoms with E-state index in [1.54, 1.807) is 0 Å². The molecule has 9 nitrogen and oxygen atoms in total. The lowest BCUT2D eigenvalue weighted by Gasteiger charge is -2.17. The van der Waals surface area contributed by atoms with Gasteiger partial charge >= 0.3 is 6.03 Å². The quantitative estimate of drug-likeness (QED) is 0.361. The molecule has 1 aliphatic rings. The fraction of sp³-hybridized carbons (Fsp3) is 0.259. The van der Waals surface area contributed by atoms with E-state index in [1.165, 1.54) is 0 Å². The van der Waals surface area contributed by atoms with Gasteiger partial charge in [-0.2, -0.15) is 5.10 Å². The molecule has 5 rings (SSSR count). The highest BCUT2D eigenvalue weighted by Crippen LogP contribution is 2.31. The Morgan fingerprint density at radius 2 is 2.00 bits per heavy atom. The maximum atomic E-state index is 12.3. The molecule has 0 spiro atoms. The average molecular weight is 483 g/mol. The summed E-state index contributed by atoms with van der Waals surface area (Å²) in [6.07, 6.45) is 7.88. The van der Waals surface area contributed by atoms with E-state index in [0.717, 1.165) is 58.6 Å². The van der Waals surface area contributed by atoms with Crippen molar-refractivity contribution in [3.63, 3.8) is 0 Å². The fourth-order valence-electron chi connectivity index (χ4n) is 4.22. The Morgan fingerprint density at radius 3 is 2.86 bits per heavy atom. The summed E-state index contributed by atoms with van der Waals surface area (Å²) in [6, 6.07) is 13.5. The van der Waals surface area contributed by atoms with Gasteiger partial charge in [0.2, 0.25) is 0 Å². The summed E-state index contributed by atoms with van der Waals surface area (Å²) in [5.74, 6) is 1.39. The fourth-order valence-corrected chi connectivity index (χ4v) is 4.22. The van der Waals surface area contributed by atoms with E-state index < -0.39 is 0 Å². The van der Waals surface area contributed by atoms with Crippen LogP contribution in [0.15, 0.2) is 54.7 Å². The van der Waals surface area contributed by atoms with Crippen molar-refractivity contribution in [2.75, 3.05) is 37.8 Å². The molecule has 0 bridgehead atoms. The van der Waals surface area contributed by atoms with Crippen LogP contribution in [0, 0.1) is 0 Å². The molecule has 0 unspecified atom stereocenters. The van der Waals surface area contributed by atoms with Crippen LogP contribution >= 0.6 is 0 Å². The largest absolute Gasteiger partial charge is 0.340 e. The van der Waals surface area contributed by atoms with Crippen molar-refractivity contribution in [2.45, 2.75) is 12.8 Å². The molecule has 184 valence electrons. The predicted octanol–water partition coefficient (Wildman–Crippen LogP) is 4.42. The van der Waals surface area contributed by atoms with Gasteiger partial charge in [0.25, 0.3) is 0 Å². The minimum atomic E-state index is -0.239. The van der Waals surface area contributed by atoms with Crippen LogP contribution in [-0.2, 0) is 13.5 Å². The monoisotopic (exact) mass is 482 g/mol. The molecule has 0 saturated heterocycles. The maximum absolute atomic E-state index is 12.3. The van der Waals surface area contributed by atoms with Gasteiger partial charge in [0.05, 0.1) is 17.4 Å². The molecular formula is C27H30N8O. The van der Waals surface area contributed by atoms with Crippen LogP contribution in [0.25, 0.3) is 28.4 Å². The zero-order chi connectivity index (χ0) is 25.1. The van der Waals surface area contributed by atoms with Crippen LogP contribution in [0.5, 0.6) is 0 Å². The van der Waals surface area contributed by atoms with Crippen molar-refractivity contribution in [3.05, 3.63) is 66.0 Å². The summed E-state index contributed by atoms with van der Waals surface area (Å²) in [5.41, 5.74) is 5.54. The number of fused-ring (bicyclic) bond motifs is 2. The van der Waals surface area contributed by atoms with E-state index in [2.05, 4.69) is 45.3 Å². The maximum Gasteiger partial charge on any atom is 0.319 e. The lowest BCUT2D eigenvalue weighted by atomic mass is 10.0. The first-order chi connectivity index (χ1) is 17.5. The van der Waals surface area contributed by atoms with Gasteiger partial charge in [0, 0.05) is 48.0 Å². The van der Waals surface area contributed by atoms with E-state index in [4.69, 9.17) is 9.97 Å². The van der Waals surface area contributed by atoms with Crippen molar-refractivity contribution in [2.24, 2.45) is 7.05 Å². The molecule has 3 N–H and O–H groups in total. The van der Waals surface area contributed by atoms with Crippen LogP contribution < -0.4 is 16.0 Å². The first-order valence-corrected chi connectivity index (χ1v) is 12.0. The number of amides is 2. The van der Waals surface area contributed by atoms with Gasteiger partial charge in [0.1, 0.15) is 5.82 Å². The van der Waals surface area contributed by atoms with E-state index in [1.807, 2.05) is 67.3 Å². The summed E-state index contributed by atoms with van der Waals surface area (Å²) in [5, 5.41) is 14.7. The van der Waals surface area contributed by atoms with Crippen molar-refractivity contribution in [1.29, 1.82) is 0 Å². The van der Waals surface area contributed by atoms with Gasteiger partial charge in [-0.15, -0.1) is 0 Å². The molecular weight excluding hydrogens is 452 g/mol. The summed E-state index contributed by atoms with van der Waals surface area (Å²) < 4.78 is 1.86. The minimum absolute atomic E-state index is 0.239. The summed E-state index contributed by atoms with van der Waals surface area (Å²) in [7, 11) is 5.87. The number of aromatic nitrogens is 4. The number of carbonyl (C=O) groups is 1. The molecule has 36 heavy (non-hydrogen) atoms. The number of hydrogen-bond acceptors (Lipinski definition) is 6. The van der Waals surface area contributed by atoms with Crippen molar-refractivity contribution in [3.8, 4) is 11.4 Å². The lowest BCUT2D eigenvalue weighted by Crippen LogP contribution is -2.34. The van der Waals surface area contributed by atoms with Gasteiger partial charge in [-0.05, 0) is 63.3 Å². The Hall–Kier alpha value is -4.24. The molecule has 0 atom stereocenters. The lowest BCUT2D eigenvalue weighted by molar-refractivity contribution is 0.250. The number of aryl methyl sites for hydroxylation is 1. The third kappa shape index (κ3) is 5.21. The molecule has 2 amide bonds. The number of hydrogen-bond donors (Lipinski definition) is 3. The molecule has 1 aliphatic carbocycles. The number of allylic oxidation sites excluding steroid dienone is 1. The summed E-state index contributed by atoms with van der Waals surface area (Å²) in [6.45, 7) is 1.34. The first kappa shape index (κ1) is 23.5. The van der Waals surface area contributed by atoms with Gasteiger partial charge < -0.3 is 20.9 Å². The number of benzene rings is 2. The van der Waals surface area contributed by atoms with Crippen LogP contribution in [0.3, 0.4) is 0 Å². The Kier molecular flexibility index (Phi) is 6.64. The van der Waals surface area contributed by atoms with Crippen molar-refractivity contribution in [1.82, 2.24) is 30.0 Å². The van der Waals surface area contributed by atoms with Crippen molar-refractivity contribution < 1.29 is 4.79 Å². The number of likely N-dealkylation sites (N-methyl/N-ethyl adjacent to an activating group) is 1. The molecule has 0 saturated carbocycles. The zero-order valence-electron chi connectivity index (χ0n) is 20.7. The Labute approximate surface area is 210 Å². The molecule has 9 heteroatoms. The van der Waals surface area contributed by atoms with E-state index >= 15 is 0 Å². The van der Waals surface area contributed by atoms with Crippen LogP contribution in [-0.4, -0.2) is 57.9 Å². The number of rotatable bonds is 7. The van der Waals surface area contributed by atoms with Crippen LogP contribution in [0.4, 0.5) is 22.0 Å². The molecule has 0 aliphatic heterocycles. The van der Waals surface area contributed by atoms with Gasteiger partial charge in [0.15, 0.2) is 5.82 Å². The topological polar surface area (TPSA) is 100 Å². The molecule has 2 aromatic carbocycles. The van der Waals surface area contributed by atoms with Gasteiger partial charge in [-0.1, -0.05) is 18.2 Å². The highest BCUT2D eigenvalue weighted by Gasteiger charge is 2.17. The highest BCUT2D eigenvalue weighted by molar-refractivity contribution is 5.90. The first-order valence-electron chi connectivity index (χ1n) is 12.0. The Morgan fingerprint density at radius 1 is 1.11 bits per heavy atom. The van der Waals surface area contributed by atoms with Gasteiger partial charge in [-0.3, -0.25) is 4.68 Å². The van der Waals surface area contributed by atoms with E-state index in [9.17, 15) is 4.79 Å². The number of carbonyl (C=O) groups excluding carboxylic acids is 1. The summed E-state index contributed by atoms with van der Waals surface area (Å²) in [4.78, 5) is 24.1. The minimum Gasteiger partial charge on any atom is -0.340 e. The molecule has 2 aromatic heterocycles. The third-order valence-corrected chi connectivity index (χ3v) is 6.11. The second kappa shape index (κ2) is 10.2. The Balaban J connectivity index is 1.42. The normalized spacial score (nSPS) is 12.6. The molecule has 0 fully saturated rings. The second-order valence-electron chi connectivity index (χ2n) is 9.13. The van der Waals surface area contributed by atoms with Gasteiger partial charge in [-0.25, -0.2) is 14.8 Å². The second-order valence-corrected chi connectivity index (χ2v) is 9.13. The van der Waals surface area contributed by atoms with Crippen molar-refractivity contribution >= 4 is 40.2 Å². The van der Waals surface area contributed by atoms with Crippen LogP contribution in [0.2, 0.25) is 0 Å². The molecule has 2 heterocycles. The van der Waals surface area contributed by atoms with E-state index in [0.29, 0.717) is 18.1 Å². The number of urea groups is 1. The standard InChI is InChI=1S/C27H30N8O/c1-34(2)14-13-28-27(36)31-20-8-6-7-18(15-20)25-32-23-10-5-4-9-22(23)26(33-25)30-21-11-12-24-19(16-21)17-29-35(24)3/h5-8,10-12,15-17H,4,9,13-14H2,1-3H3,(H2,28,31,36)(H,30,32,33). The summed E-state index contributed by atoms with van der Waals surface area (Å²) >= 11 is 0. The van der Waals surface area contributed by atoms with Crippen LogP contribution in [0.1, 0.15) is 17.7 Å². The number of nitrogens with zero attached hydrogens (tertiary/aromatic N) is 5. The molecule has 4 aromatic rings. The Bertz CT molecular complexity index is 1440. The zero-order valence-corrected chi connectivity index (χ0v) is 20.7. The number of nitrogens with one attached hydrogen (secondary N) is 3. The average Bonchev–Trinajstić information content (AvgIpc) is 3.23.